The van der Waals surface area contributed by atoms with Crippen LogP contribution < -0.4 is 5.73 Å². The second-order valence-electron chi connectivity index (χ2n) is 2.78. The van der Waals surface area contributed by atoms with Gasteiger partial charge in [-0.1, -0.05) is 12.2 Å². The smallest absolute Gasteiger partial charge is 0.311 e. The van der Waals surface area contributed by atoms with Gasteiger partial charge >= 0.3 is 5.97 Å². The summed E-state index contributed by atoms with van der Waals surface area (Å²) < 4.78 is 0. The van der Waals surface area contributed by atoms with Crippen LogP contribution in [0.5, 0.6) is 0 Å². The summed E-state index contributed by atoms with van der Waals surface area (Å²) in [5.74, 6) is -0.884. The third-order valence-electron chi connectivity index (χ3n) is 1.91. The van der Waals surface area contributed by atoms with Gasteiger partial charge in [-0.15, -0.1) is 13.2 Å². The molecule has 0 atom stereocenters. The summed E-state index contributed by atoms with van der Waals surface area (Å²) in [5.41, 5.74) is 4.51. The quantitative estimate of drug-likeness (QED) is 0.586. The predicted molar refractivity (Wildman–Crippen MR) is 48.8 cm³/mol. The van der Waals surface area contributed by atoms with Crippen LogP contribution >= 0.6 is 0 Å². The highest BCUT2D eigenvalue weighted by atomic mass is 16.4. The van der Waals surface area contributed by atoms with Crippen molar-refractivity contribution in [2.45, 2.75) is 12.8 Å². The molecule has 0 saturated heterocycles. The van der Waals surface area contributed by atoms with Gasteiger partial charge in [0.15, 0.2) is 0 Å². The number of carboxylic acid groups (broad SMARTS) is 1. The second kappa shape index (κ2) is 4.72. The number of rotatable bonds is 6. The lowest BCUT2D eigenvalue weighted by Gasteiger charge is -2.24. The molecule has 0 aromatic heterocycles. The number of carboxylic acids is 1. The van der Waals surface area contributed by atoms with Gasteiger partial charge in [0.1, 0.15) is 0 Å². The Morgan fingerprint density at radius 1 is 1.42 bits per heavy atom. The molecule has 0 saturated carbocycles. The summed E-state index contributed by atoms with van der Waals surface area (Å²) in [6.07, 6.45) is 3.91. The molecular weight excluding hydrogens is 154 g/mol. The van der Waals surface area contributed by atoms with E-state index >= 15 is 0 Å². The fourth-order valence-corrected chi connectivity index (χ4v) is 1.06. The molecule has 0 fully saturated rings. The third-order valence-corrected chi connectivity index (χ3v) is 1.91. The summed E-state index contributed by atoms with van der Waals surface area (Å²) in [4.78, 5) is 10.9. The van der Waals surface area contributed by atoms with Crippen LogP contribution in [-0.4, -0.2) is 17.6 Å². The largest absolute Gasteiger partial charge is 0.481 e. The van der Waals surface area contributed by atoms with E-state index in [1.54, 1.807) is 12.2 Å². The number of allylic oxidation sites excluding steroid dienone is 2. The molecule has 0 aliphatic carbocycles. The number of nitrogens with two attached hydrogens (primary N) is 1. The summed E-state index contributed by atoms with van der Waals surface area (Å²) >= 11 is 0. The van der Waals surface area contributed by atoms with Gasteiger partial charge in [0, 0.05) is 6.54 Å². The molecule has 0 bridgehead atoms. The van der Waals surface area contributed by atoms with Crippen molar-refractivity contribution in [1.82, 2.24) is 0 Å². The zero-order valence-corrected chi connectivity index (χ0v) is 7.12. The molecular formula is C9H15NO2. The molecule has 0 aliphatic rings. The molecule has 0 aromatic carbocycles. The van der Waals surface area contributed by atoms with E-state index in [2.05, 4.69) is 13.2 Å². The molecule has 0 aromatic rings. The zero-order chi connectivity index (χ0) is 9.61. The molecule has 3 heteroatoms. The van der Waals surface area contributed by atoms with Gasteiger partial charge in [-0.25, -0.2) is 0 Å². The Hall–Kier alpha value is -1.09. The maximum atomic E-state index is 10.9. The maximum absolute atomic E-state index is 10.9. The summed E-state index contributed by atoms with van der Waals surface area (Å²) in [6.45, 7) is 7.12. The van der Waals surface area contributed by atoms with Crippen molar-refractivity contribution in [1.29, 1.82) is 0 Å². The average Bonchev–Trinajstić information content (AvgIpc) is 2.03. The summed E-state index contributed by atoms with van der Waals surface area (Å²) in [6, 6.07) is 0. The van der Waals surface area contributed by atoms with Crippen molar-refractivity contribution in [3.63, 3.8) is 0 Å². The molecule has 0 amide bonds. The minimum absolute atomic E-state index is 0.111. The molecule has 3 N–H and O–H groups in total. The Labute approximate surface area is 72.6 Å². The molecule has 0 heterocycles. The van der Waals surface area contributed by atoms with Gasteiger partial charge in [0.05, 0.1) is 5.41 Å². The number of hydrogen-bond acceptors (Lipinski definition) is 2. The molecule has 0 aliphatic heterocycles. The number of aliphatic carboxylic acids is 1. The van der Waals surface area contributed by atoms with Crippen LogP contribution in [0.1, 0.15) is 12.8 Å². The average molecular weight is 169 g/mol. The Morgan fingerprint density at radius 3 is 2.00 bits per heavy atom. The minimum atomic E-state index is -0.899. The van der Waals surface area contributed by atoms with Gasteiger partial charge in [0.2, 0.25) is 0 Å². The molecule has 0 unspecified atom stereocenters. The normalized spacial score (nSPS) is 10.8. The molecule has 0 spiro atoms. The van der Waals surface area contributed by atoms with Crippen molar-refractivity contribution in [3.05, 3.63) is 25.3 Å². The van der Waals surface area contributed by atoms with Gasteiger partial charge < -0.3 is 10.8 Å². The SMILES string of the molecule is C=CCC(CN)(CC=C)C(=O)O. The zero-order valence-electron chi connectivity index (χ0n) is 7.12. The predicted octanol–water partition coefficient (Wildman–Crippen LogP) is 1.17. The molecule has 0 radical (unpaired) electrons. The van der Waals surface area contributed by atoms with Crippen LogP contribution in [0.4, 0.5) is 0 Å². The van der Waals surface area contributed by atoms with Gasteiger partial charge in [-0.05, 0) is 12.8 Å². The summed E-state index contributed by atoms with van der Waals surface area (Å²) in [7, 11) is 0. The maximum Gasteiger partial charge on any atom is 0.311 e. The first-order valence-corrected chi connectivity index (χ1v) is 3.78. The van der Waals surface area contributed by atoms with E-state index < -0.39 is 11.4 Å². The van der Waals surface area contributed by atoms with E-state index in [1.807, 2.05) is 0 Å². The first-order valence-electron chi connectivity index (χ1n) is 3.78. The lowest BCUT2D eigenvalue weighted by Crippen LogP contribution is -2.37. The first-order chi connectivity index (χ1) is 5.63. The van der Waals surface area contributed by atoms with E-state index in [4.69, 9.17) is 10.8 Å². The third kappa shape index (κ3) is 2.20. The Balaban J connectivity index is 4.60. The number of carbonyl (C=O) groups is 1. The van der Waals surface area contributed by atoms with Crippen LogP contribution in [0.3, 0.4) is 0 Å². The molecule has 12 heavy (non-hydrogen) atoms. The lowest BCUT2D eigenvalue weighted by molar-refractivity contribution is -0.148. The van der Waals surface area contributed by atoms with Crippen molar-refractivity contribution in [2.24, 2.45) is 11.1 Å². The van der Waals surface area contributed by atoms with E-state index in [9.17, 15) is 4.79 Å². The van der Waals surface area contributed by atoms with E-state index in [1.165, 1.54) is 0 Å². The highest BCUT2D eigenvalue weighted by Crippen LogP contribution is 2.26. The van der Waals surface area contributed by atoms with Crippen LogP contribution in [0, 0.1) is 5.41 Å². The van der Waals surface area contributed by atoms with Crippen molar-refractivity contribution >= 4 is 5.97 Å². The highest BCUT2D eigenvalue weighted by Gasteiger charge is 2.34. The van der Waals surface area contributed by atoms with Crippen LogP contribution in [-0.2, 0) is 4.79 Å². The standard InChI is InChI=1S/C9H15NO2/c1-3-5-9(7-10,6-4-2)8(11)12/h3-4H,1-2,5-7,10H2,(H,11,12). The molecule has 68 valence electrons. The van der Waals surface area contributed by atoms with Gasteiger partial charge in [-0.3, -0.25) is 4.79 Å². The van der Waals surface area contributed by atoms with Crippen LogP contribution in [0.15, 0.2) is 25.3 Å². The van der Waals surface area contributed by atoms with E-state index in [0.29, 0.717) is 12.8 Å². The first kappa shape index (κ1) is 10.9. The minimum Gasteiger partial charge on any atom is -0.481 e. The van der Waals surface area contributed by atoms with Crippen molar-refractivity contribution < 1.29 is 9.90 Å². The topological polar surface area (TPSA) is 63.3 Å². The fraction of sp³-hybridized carbons (Fsp3) is 0.444. The lowest BCUT2D eigenvalue weighted by atomic mass is 9.81. The van der Waals surface area contributed by atoms with Crippen LogP contribution in [0.25, 0.3) is 0 Å². The van der Waals surface area contributed by atoms with Crippen molar-refractivity contribution in [3.8, 4) is 0 Å². The van der Waals surface area contributed by atoms with Crippen LogP contribution in [0.2, 0.25) is 0 Å². The summed E-state index contributed by atoms with van der Waals surface area (Å²) in [5, 5.41) is 8.91. The second-order valence-corrected chi connectivity index (χ2v) is 2.78. The number of hydrogen-bond donors (Lipinski definition) is 2. The van der Waals surface area contributed by atoms with Gasteiger partial charge in [0.25, 0.3) is 0 Å². The van der Waals surface area contributed by atoms with Gasteiger partial charge in [-0.2, -0.15) is 0 Å². The Morgan fingerprint density at radius 2 is 1.83 bits per heavy atom. The fourth-order valence-electron chi connectivity index (χ4n) is 1.06. The monoisotopic (exact) mass is 169 g/mol. The van der Waals surface area contributed by atoms with Crippen molar-refractivity contribution in [2.75, 3.05) is 6.54 Å². The highest BCUT2D eigenvalue weighted by molar-refractivity contribution is 5.75. The van der Waals surface area contributed by atoms with E-state index in [-0.39, 0.29) is 6.54 Å². The molecule has 3 nitrogen and oxygen atoms in total. The Kier molecular flexibility index (Phi) is 4.29. The Bertz CT molecular complexity index is 177. The van der Waals surface area contributed by atoms with E-state index in [0.717, 1.165) is 0 Å². The molecule has 0 rings (SSSR count).